The fourth-order valence-corrected chi connectivity index (χ4v) is 4.76. The summed E-state index contributed by atoms with van der Waals surface area (Å²) in [5, 5.41) is 6.05. The van der Waals surface area contributed by atoms with E-state index >= 15 is 0 Å². The van der Waals surface area contributed by atoms with Gasteiger partial charge in [0.25, 0.3) is 11.1 Å². The maximum Gasteiger partial charge on any atom is 0.293 e. The molecular formula is C26H26N4O4S. The van der Waals surface area contributed by atoms with Gasteiger partial charge in [-0.3, -0.25) is 24.1 Å². The number of thioether (sulfide) groups is 1. The highest BCUT2D eigenvalue weighted by molar-refractivity contribution is 8.18. The standard InChI is InChI=1S/C26H26N4O4S/c1-16-7-9-18(10-8-16)13-23-25(33)30(26(34)35-23)12-11-27-24(32)22(29-17(2)31)14-19-15-28-21-6-4-3-5-20(19)21/h3-10,13,15,22,28H,11-12,14H2,1-2H3,(H,27,32)(H,29,31)/b23-13+/t22-/m0/s1. The summed E-state index contributed by atoms with van der Waals surface area (Å²) in [4.78, 5) is 54.3. The van der Waals surface area contributed by atoms with Gasteiger partial charge in [0.05, 0.1) is 4.91 Å². The van der Waals surface area contributed by atoms with Gasteiger partial charge in [0.1, 0.15) is 6.04 Å². The number of hydrogen-bond acceptors (Lipinski definition) is 5. The van der Waals surface area contributed by atoms with Crippen LogP contribution in [0.15, 0.2) is 59.6 Å². The predicted octanol–water partition coefficient (Wildman–Crippen LogP) is 3.38. The second-order valence-corrected chi connectivity index (χ2v) is 9.34. The number of H-pyrrole nitrogens is 1. The highest BCUT2D eigenvalue weighted by Gasteiger charge is 2.34. The lowest BCUT2D eigenvalue weighted by Crippen LogP contribution is -2.49. The van der Waals surface area contributed by atoms with Crippen LogP contribution in [0.25, 0.3) is 17.0 Å². The van der Waals surface area contributed by atoms with Gasteiger partial charge in [-0.05, 0) is 42.0 Å². The number of nitrogens with zero attached hydrogens (tertiary/aromatic N) is 1. The number of aryl methyl sites for hydroxylation is 1. The number of para-hydroxylation sites is 1. The number of benzene rings is 2. The van der Waals surface area contributed by atoms with E-state index in [4.69, 9.17) is 0 Å². The van der Waals surface area contributed by atoms with E-state index in [2.05, 4.69) is 15.6 Å². The number of aromatic nitrogens is 1. The van der Waals surface area contributed by atoms with Crippen LogP contribution in [0.4, 0.5) is 4.79 Å². The van der Waals surface area contributed by atoms with Gasteiger partial charge in [-0.2, -0.15) is 0 Å². The summed E-state index contributed by atoms with van der Waals surface area (Å²) in [6.45, 7) is 3.46. The highest BCUT2D eigenvalue weighted by Crippen LogP contribution is 2.31. The van der Waals surface area contributed by atoms with E-state index in [9.17, 15) is 19.2 Å². The van der Waals surface area contributed by atoms with E-state index in [-0.39, 0.29) is 36.1 Å². The molecule has 1 aromatic heterocycles. The Morgan fingerprint density at radius 2 is 1.86 bits per heavy atom. The Bertz CT molecular complexity index is 1310. The third kappa shape index (κ3) is 5.81. The normalized spacial score (nSPS) is 15.6. The van der Waals surface area contributed by atoms with Gasteiger partial charge in [-0.1, -0.05) is 48.0 Å². The van der Waals surface area contributed by atoms with E-state index in [0.29, 0.717) is 11.3 Å². The first-order valence-electron chi connectivity index (χ1n) is 11.2. The zero-order valence-corrected chi connectivity index (χ0v) is 20.3. The van der Waals surface area contributed by atoms with Crippen LogP contribution >= 0.6 is 11.8 Å². The number of carbonyl (C=O) groups is 4. The number of imide groups is 1. The smallest absolute Gasteiger partial charge is 0.293 e. The molecule has 0 aliphatic carbocycles. The molecule has 0 unspecified atom stereocenters. The van der Waals surface area contributed by atoms with Crippen LogP contribution in [0, 0.1) is 6.92 Å². The molecule has 1 fully saturated rings. The Morgan fingerprint density at radius 3 is 2.60 bits per heavy atom. The Hall–Kier alpha value is -3.85. The lowest BCUT2D eigenvalue weighted by Gasteiger charge is -2.19. The van der Waals surface area contributed by atoms with Gasteiger partial charge >= 0.3 is 0 Å². The minimum atomic E-state index is -0.789. The molecule has 9 heteroatoms. The summed E-state index contributed by atoms with van der Waals surface area (Å²) in [6, 6.07) is 14.6. The first-order valence-corrected chi connectivity index (χ1v) is 12.1. The Morgan fingerprint density at radius 1 is 1.11 bits per heavy atom. The molecule has 4 rings (SSSR count). The van der Waals surface area contributed by atoms with Gasteiger partial charge in [-0.15, -0.1) is 0 Å². The van der Waals surface area contributed by atoms with Crippen molar-refractivity contribution in [3.8, 4) is 0 Å². The van der Waals surface area contributed by atoms with Crippen molar-refractivity contribution < 1.29 is 19.2 Å². The molecule has 1 saturated heterocycles. The number of fused-ring (bicyclic) bond motifs is 1. The number of amides is 4. The van der Waals surface area contributed by atoms with Crippen molar-refractivity contribution in [2.75, 3.05) is 13.1 Å². The quantitative estimate of drug-likeness (QED) is 0.419. The van der Waals surface area contributed by atoms with Crippen LogP contribution in [0.3, 0.4) is 0 Å². The van der Waals surface area contributed by atoms with E-state index in [0.717, 1.165) is 44.3 Å². The van der Waals surface area contributed by atoms with Gasteiger partial charge in [0, 0.05) is 43.5 Å². The topological polar surface area (TPSA) is 111 Å². The molecule has 0 spiro atoms. The van der Waals surface area contributed by atoms with Gasteiger partial charge < -0.3 is 15.6 Å². The van der Waals surface area contributed by atoms with Crippen molar-refractivity contribution in [3.63, 3.8) is 0 Å². The van der Waals surface area contributed by atoms with Crippen molar-refractivity contribution in [2.45, 2.75) is 26.3 Å². The lowest BCUT2D eigenvalue weighted by atomic mass is 10.0. The third-order valence-electron chi connectivity index (χ3n) is 5.68. The molecule has 1 aliphatic heterocycles. The molecule has 0 radical (unpaired) electrons. The van der Waals surface area contributed by atoms with Crippen molar-refractivity contribution in [1.29, 1.82) is 0 Å². The Balaban J connectivity index is 1.37. The van der Waals surface area contributed by atoms with E-state index in [1.807, 2.05) is 61.7 Å². The summed E-state index contributed by atoms with van der Waals surface area (Å²) in [7, 11) is 0. The van der Waals surface area contributed by atoms with Crippen LogP contribution in [0.2, 0.25) is 0 Å². The van der Waals surface area contributed by atoms with Gasteiger partial charge in [-0.25, -0.2) is 0 Å². The summed E-state index contributed by atoms with van der Waals surface area (Å²) >= 11 is 0.884. The molecule has 1 aliphatic rings. The van der Waals surface area contributed by atoms with Crippen LogP contribution in [0.5, 0.6) is 0 Å². The average molecular weight is 491 g/mol. The predicted molar refractivity (Wildman–Crippen MR) is 136 cm³/mol. The van der Waals surface area contributed by atoms with Crippen molar-refractivity contribution >= 4 is 51.7 Å². The molecule has 0 saturated carbocycles. The third-order valence-corrected chi connectivity index (χ3v) is 6.58. The number of hydrogen-bond donors (Lipinski definition) is 3. The fourth-order valence-electron chi connectivity index (χ4n) is 3.90. The van der Waals surface area contributed by atoms with E-state index < -0.39 is 6.04 Å². The Kier molecular flexibility index (Phi) is 7.36. The van der Waals surface area contributed by atoms with Crippen molar-refractivity contribution in [2.24, 2.45) is 0 Å². The number of nitrogens with one attached hydrogen (secondary N) is 3. The minimum Gasteiger partial charge on any atom is -0.361 e. The maximum atomic E-state index is 12.9. The highest BCUT2D eigenvalue weighted by atomic mass is 32.2. The van der Waals surface area contributed by atoms with E-state index in [1.165, 1.54) is 6.92 Å². The van der Waals surface area contributed by atoms with Crippen LogP contribution < -0.4 is 10.6 Å². The van der Waals surface area contributed by atoms with Crippen LogP contribution in [0.1, 0.15) is 23.6 Å². The zero-order valence-electron chi connectivity index (χ0n) is 19.5. The minimum absolute atomic E-state index is 0.0432. The summed E-state index contributed by atoms with van der Waals surface area (Å²) in [6.07, 6.45) is 3.82. The molecular weight excluding hydrogens is 464 g/mol. The molecule has 1 atom stereocenters. The second kappa shape index (κ2) is 10.6. The molecule has 2 aromatic carbocycles. The second-order valence-electron chi connectivity index (χ2n) is 8.35. The van der Waals surface area contributed by atoms with E-state index in [1.54, 1.807) is 6.08 Å². The number of aromatic amines is 1. The zero-order chi connectivity index (χ0) is 24.9. The summed E-state index contributed by atoms with van der Waals surface area (Å²) in [5.41, 5.74) is 3.79. The Labute approximate surface area is 207 Å². The summed E-state index contributed by atoms with van der Waals surface area (Å²) < 4.78 is 0. The molecule has 180 valence electrons. The maximum absolute atomic E-state index is 12.9. The van der Waals surface area contributed by atoms with Crippen LogP contribution in [-0.2, 0) is 20.8 Å². The summed E-state index contributed by atoms with van der Waals surface area (Å²) in [5.74, 6) is -1.09. The average Bonchev–Trinajstić information content (AvgIpc) is 3.35. The first kappa shape index (κ1) is 24.3. The SMILES string of the molecule is CC(=O)N[C@@H](Cc1c[nH]c2ccccc12)C(=O)NCCN1C(=O)S/C(=C/c2ccc(C)cc2)C1=O. The fraction of sp³-hybridized carbons (Fsp3) is 0.231. The van der Waals surface area contributed by atoms with Gasteiger partial charge in [0.15, 0.2) is 0 Å². The largest absolute Gasteiger partial charge is 0.361 e. The molecule has 0 bridgehead atoms. The molecule has 8 nitrogen and oxygen atoms in total. The molecule has 3 aromatic rings. The molecule has 35 heavy (non-hydrogen) atoms. The number of carbonyl (C=O) groups excluding carboxylic acids is 4. The number of rotatable bonds is 8. The lowest BCUT2D eigenvalue weighted by molar-refractivity contribution is -0.128. The van der Waals surface area contributed by atoms with Crippen molar-refractivity contribution in [3.05, 3.63) is 76.3 Å². The monoisotopic (exact) mass is 490 g/mol. The molecule has 3 N–H and O–H groups in total. The molecule has 2 heterocycles. The first-order chi connectivity index (χ1) is 16.8. The van der Waals surface area contributed by atoms with Crippen LogP contribution in [-0.4, -0.2) is 52.0 Å². The molecule has 4 amide bonds. The van der Waals surface area contributed by atoms with Crippen molar-refractivity contribution in [1.82, 2.24) is 20.5 Å². The van der Waals surface area contributed by atoms with Gasteiger partial charge in [0.2, 0.25) is 11.8 Å².